The van der Waals surface area contributed by atoms with E-state index in [4.69, 9.17) is 0 Å². The number of Topliss-reactive ketones (excluding diaryl/α,β-unsaturated/α-hetero) is 1. The molecule has 1 aromatic heterocycles. The molecule has 0 amide bonds. The number of carbonyl (C=O) groups excluding carboxylic acids is 1. The van der Waals surface area contributed by atoms with Crippen molar-refractivity contribution in [1.29, 1.82) is 0 Å². The SMILES string of the molecule is CC[C@@H]1CC2CC(=O)CC[C@]2(C)[C@H]2CC[C@]3(C)C(c4cccnc4)=CC[C@H]3[C@H]12. The molecule has 0 bridgehead atoms. The van der Waals surface area contributed by atoms with Crippen molar-refractivity contribution >= 4 is 11.4 Å². The maximum Gasteiger partial charge on any atom is 0.133 e. The van der Waals surface area contributed by atoms with E-state index in [9.17, 15) is 4.79 Å². The Balaban J connectivity index is 1.50. The summed E-state index contributed by atoms with van der Waals surface area (Å²) >= 11 is 0. The van der Waals surface area contributed by atoms with Crippen LogP contribution in [0.25, 0.3) is 5.57 Å². The predicted octanol–water partition coefficient (Wildman–Crippen LogP) is 6.32. The highest BCUT2D eigenvalue weighted by Crippen LogP contribution is 2.68. The van der Waals surface area contributed by atoms with Crippen molar-refractivity contribution in [3.8, 4) is 0 Å². The van der Waals surface area contributed by atoms with Crippen molar-refractivity contribution in [1.82, 2.24) is 4.98 Å². The topological polar surface area (TPSA) is 30.0 Å². The third-order valence-corrected chi connectivity index (χ3v) is 9.74. The molecule has 1 unspecified atom stereocenters. The van der Waals surface area contributed by atoms with E-state index in [-0.39, 0.29) is 0 Å². The number of hydrogen-bond acceptors (Lipinski definition) is 2. The molecule has 4 aliphatic rings. The van der Waals surface area contributed by atoms with E-state index in [0.29, 0.717) is 22.5 Å². The van der Waals surface area contributed by atoms with Gasteiger partial charge in [0.25, 0.3) is 0 Å². The van der Waals surface area contributed by atoms with Gasteiger partial charge in [-0.05, 0) is 89.7 Å². The molecule has 1 heterocycles. The Bertz CT molecular complexity index is 798. The van der Waals surface area contributed by atoms with Crippen LogP contribution in [0.3, 0.4) is 0 Å². The summed E-state index contributed by atoms with van der Waals surface area (Å²) in [6, 6.07) is 4.33. The third kappa shape index (κ3) is 2.52. The second kappa shape index (κ2) is 6.54. The van der Waals surface area contributed by atoms with Crippen LogP contribution in [-0.4, -0.2) is 10.8 Å². The van der Waals surface area contributed by atoms with Gasteiger partial charge in [0.2, 0.25) is 0 Å². The van der Waals surface area contributed by atoms with E-state index in [1.54, 1.807) is 5.57 Å². The van der Waals surface area contributed by atoms with Gasteiger partial charge in [-0.3, -0.25) is 9.78 Å². The number of hydrogen-bond donors (Lipinski definition) is 0. The Kier molecular flexibility index (Phi) is 4.34. The summed E-state index contributed by atoms with van der Waals surface area (Å²) < 4.78 is 0. The highest BCUT2D eigenvalue weighted by Gasteiger charge is 2.60. The quantitative estimate of drug-likeness (QED) is 0.603. The van der Waals surface area contributed by atoms with Crippen LogP contribution >= 0.6 is 0 Å². The van der Waals surface area contributed by atoms with E-state index in [2.05, 4.69) is 50.2 Å². The van der Waals surface area contributed by atoms with Gasteiger partial charge in [0.15, 0.2) is 0 Å². The number of allylic oxidation sites excluding steroid dienone is 2. The zero-order chi connectivity index (χ0) is 19.5. The highest BCUT2D eigenvalue weighted by molar-refractivity contribution is 5.79. The van der Waals surface area contributed by atoms with Crippen molar-refractivity contribution in [3.05, 3.63) is 36.2 Å². The first kappa shape index (κ1) is 18.6. The number of rotatable bonds is 2. The van der Waals surface area contributed by atoms with Gasteiger partial charge in [-0.15, -0.1) is 0 Å². The predicted molar refractivity (Wildman–Crippen MR) is 113 cm³/mol. The molecule has 0 aromatic carbocycles. The largest absolute Gasteiger partial charge is 0.300 e. The normalized spacial score (nSPS) is 45.0. The molecule has 4 aliphatic carbocycles. The molecule has 5 rings (SSSR count). The van der Waals surface area contributed by atoms with Crippen molar-refractivity contribution in [2.75, 3.05) is 0 Å². The van der Waals surface area contributed by atoms with Crippen LogP contribution in [-0.2, 0) is 4.79 Å². The first-order valence-corrected chi connectivity index (χ1v) is 11.6. The van der Waals surface area contributed by atoms with E-state index in [1.165, 1.54) is 37.7 Å². The molecule has 0 radical (unpaired) electrons. The Hall–Kier alpha value is -1.44. The van der Waals surface area contributed by atoms with E-state index >= 15 is 0 Å². The molecular formula is C26H35NO. The summed E-state index contributed by atoms with van der Waals surface area (Å²) in [5.41, 5.74) is 3.58. The fraction of sp³-hybridized carbons (Fsp3) is 0.692. The van der Waals surface area contributed by atoms with Gasteiger partial charge in [0, 0.05) is 25.2 Å². The molecule has 3 saturated carbocycles. The fourth-order valence-corrected chi connectivity index (χ4v) is 8.19. The molecule has 0 aliphatic heterocycles. The van der Waals surface area contributed by atoms with Crippen LogP contribution in [0.15, 0.2) is 30.6 Å². The second-order valence-corrected chi connectivity index (χ2v) is 10.7. The molecule has 0 N–H and O–H groups in total. The number of nitrogens with zero attached hydrogens (tertiary/aromatic N) is 1. The molecule has 2 heteroatoms. The molecule has 150 valence electrons. The molecule has 0 saturated heterocycles. The number of fused-ring (bicyclic) bond motifs is 5. The van der Waals surface area contributed by atoms with Crippen LogP contribution in [0.4, 0.5) is 0 Å². The molecule has 2 nitrogen and oxygen atoms in total. The van der Waals surface area contributed by atoms with Crippen molar-refractivity contribution in [2.24, 2.45) is 40.4 Å². The summed E-state index contributed by atoms with van der Waals surface area (Å²) in [6.45, 7) is 7.50. The lowest BCUT2D eigenvalue weighted by Crippen LogP contribution is -2.56. The first-order valence-electron chi connectivity index (χ1n) is 11.6. The van der Waals surface area contributed by atoms with Crippen molar-refractivity contribution in [3.63, 3.8) is 0 Å². The Labute approximate surface area is 170 Å². The molecular weight excluding hydrogens is 342 g/mol. The van der Waals surface area contributed by atoms with E-state index < -0.39 is 0 Å². The lowest BCUT2D eigenvalue weighted by Gasteiger charge is -2.62. The number of carbonyl (C=O) groups is 1. The number of aromatic nitrogens is 1. The van der Waals surface area contributed by atoms with E-state index in [1.807, 2.05) is 6.20 Å². The van der Waals surface area contributed by atoms with Gasteiger partial charge in [-0.1, -0.05) is 39.3 Å². The van der Waals surface area contributed by atoms with Crippen LogP contribution < -0.4 is 0 Å². The average Bonchev–Trinajstić information content (AvgIpc) is 3.06. The summed E-state index contributed by atoms with van der Waals surface area (Å²) in [7, 11) is 0. The van der Waals surface area contributed by atoms with E-state index in [0.717, 1.165) is 42.9 Å². The number of ketones is 1. The Morgan fingerprint density at radius 2 is 2.07 bits per heavy atom. The van der Waals surface area contributed by atoms with Crippen LogP contribution in [0, 0.1) is 40.4 Å². The standard InChI is InChI=1S/C26H35NO/c1-4-17-14-19-15-20(28)9-11-25(19,2)23-10-12-26(3)21(7-8-22(26)24(17)23)18-6-5-13-27-16-18/h5-7,13,16-17,19,22-24H,4,8-12,14-15H2,1-3H3/t17-,19?,22+,23+,24+,25+,26-/m1/s1. The summed E-state index contributed by atoms with van der Waals surface area (Å²) in [5.74, 6) is 4.35. The maximum atomic E-state index is 12.2. The van der Waals surface area contributed by atoms with Gasteiger partial charge in [0.1, 0.15) is 5.78 Å². The van der Waals surface area contributed by atoms with Gasteiger partial charge >= 0.3 is 0 Å². The monoisotopic (exact) mass is 377 g/mol. The smallest absolute Gasteiger partial charge is 0.133 e. The molecule has 0 spiro atoms. The Morgan fingerprint density at radius 3 is 2.82 bits per heavy atom. The lowest BCUT2D eigenvalue weighted by atomic mass is 9.42. The second-order valence-electron chi connectivity index (χ2n) is 10.7. The molecule has 3 fully saturated rings. The van der Waals surface area contributed by atoms with Gasteiger partial charge in [0.05, 0.1) is 0 Å². The van der Waals surface area contributed by atoms with Crippen LogP contribution in [0.5, 0.6) is 0 Å². The molecule has 7 atom stereocenters. The highest BCUT2D eigenvalue weighted by atomic mass is 16.1. The van der Waals surface area contributed by atoms with Gasteiger partial charge in [-0.25, -0.2) is 0 Å². The zero-order valence-electron chi connectivity index (χ0n) is 17.8. The summed E-state index contributed by atoms with van der Waals surface area (Å²) in [6.07, 6.45) is 15.8. The molecule has 28 heavy (non-hydrogen) atoms. The van der Waals surface area contributed by atoms with Gasteiger partial charge < -0.3 is 0 Å². The Morgan fingerprint density at radius 1 is 1.21 bits per heavy atom. The number of pyridine rings is 1. The van der Waals surface area contributed by atoms with Gasteiger partial charge in [-0.2, -0.15) is 0 Å². The first-order chi connectivity index (χ1) is 13.5. The minimum absolute atomic E-state index is 0.297. The molecule has 1 aromatic rings. The lowest BCUT2D eigenvalue weighted by molar-refractivity contribution is -0.146. The summed E-state index contributed by atoms with van der Waals surface area (Å²) in [5, 5.41) is 0. The fourth-order valence-electron chi connectivity index (χ4n) is 8.19. The van der Waals surface area contributed by atoms with Crippen LogP contribution in [0.2, 0.25) is 0 Å². The van der Waals surface area contributed by atoms with Crippen molar-refractivity contribution in [2.45, 2.75) is 72.1 Å². The maximum absolute atomic E-state index is 12.2. The minimum Gasteiger partial charge on any atom is -0.300 e. The van der Waals surface area contributed by atoms with Crippen LogP contribution in [0.1, 0.15) is 77.7 Å². The zero-order valence-corrected chi connectivity index (χ0v) is 17.8. The summed E-state index contributed by atoms with van der Waals surface area (Å²) in [4.78, 5) is 16.6. The third-order valence-electron chi connectivity index (χ3n) is 9.74. The minimum atomic E-state index is 0.297. The average molecular weight is 378 g/mol. The van der Waals surface area contributed by atoms with Crippen molar-refractivity contribution < 1.29 is 4.79 Å².